The number of hydrogen-bond acceptors (Lipinski definition) is 2. The van der Waals surface area contributed by atoms with Crippen LogP contribution in [0.5, 0.6) is 0 Å². The molecule has 0 amide bonds. The van der Waals surface area contributed by atoms with Gasteiger partial charge in [0.25, 0.3) is 0 Å². The van der Waals surface area contributed by atoms with Gasteiger partial charge in [0.05, 0.1) is 11.6 Å². The molecule has 0 aliphatic carbocycles. The van der Waals surface area contributed by atoms with Crippen molar-refractivity contribution >= 4 is 0 Å². The minimum Gasteiger partial charge on any atom is -0.367 e. The molecule has 0 spiro atoms. The molecule has 5 aromatic rings. The SMILES string of the molecule is COC(c1ccccc1)(c1ccccc1)[C@H]1CN1C(c1ccccc1)(c1ccccc1)c1ccccc1. The lowest BCUT2D eigenvalue weighted by atomic mass is 9.76. The summed E-state index contributed by atoms with van der Waals surface area (Å²) in [5, 5.41) is 0. The van der Waals surface area contributed by atoms with Crippen molar-refractivity contribution in [2.75, 3.05) is 13.7 Å². The van der Waals surface area contributed by atoms with Gasteiger partial charge in [-0.1, -0.05) is 152 Å². The van der Waals surface area contributed by atoms with Gasteiger partial charge in [-0.2, -0.15) is 0 Å². The van der Waals surface area contributed by atoms with Gasteiger partial charge in [-0.3, -0.25) is 4.90 Å². The maximum atomic E-state index is 6.63. The molecular weight excluding hydrogens is 450 g/mol. The fourth-order valence-corrected chi connectivity index (χ4v) is 6.19. The summed E-state index contributed by atoms with van der Waals surface area (Å²) in [5.41, 5.74) is 5.00. The Morgan fingerprint density at radius 3 is 1.08 bits per heavy atom. The maximum Gasteiger partial charge on any atom is 0.134 e. The van der Waals surface area contributed by atoms with Gasteiger partial charge >= 0.3 is 0 Å². The predicted molar refractivity (Wildman–Crippen MR) is 150 cm³/mol. The molecule has 0 aromatic heterocycles. The highest BCUT2D eigenvalue weighted by Gasteiger charge is 2.62. The average molecular weight is 482 g/mol. The Labute approximate surface area is 219 Å². The van der Waals surface area contributed by atoms with E-state index in [-0.39, 0.29) is 6.04 Å². The van der Waals surface area contributed by atoms with E-state index in [1.54, 1.807) is 0 Å². The maximum absolute atomic E-state index is 6.63. The van der Waals surface area contributed by atoms with Crippen molar-refractivity contribution in [1.29, 1.82) is 0 Å². The molecule has 2 nitrogen and oxygen atoms in total. The first-order chi connectivity index (χ1) is 18.3. The molecule has 1 aliphatic rings. The Kier molecular flexibility index (Phi) is 6.21. The molecule has 2 atom stereocenters. The van der Waals surface area contributed by atoms with E-state index >= 15 is 0 Å². The molecule has 1 fully saturated rings. The molecule has 1 saturated heterocycles. The van der Waals surface area contributed by atoms with E-state index in [1.165, 1.54) is 27.8 Å². The van der Waals surface area contributed by atoms with Crippen LogP contribution < -0.4 is 0 Å². The van der Waals surface area contributed by atoms with Crippen molar-refractivity contribution < 1.29 is 4.74 Å². The summed E-state index contributed by atoms with van der Waals surface area (Å²) in [6.45, 7) is 0.885. The molecule has 6 rings (SSSR count). The summed E-state index contributed by atoms with van der Waals surface area (Å²) in [6, 6.07) is 54.2. The molecule has 182 valence electrons. The summed E-state index contributed by atoms with van der Waals surface area (Å²) in [4.78, 5) is 2.62. The highest BCUT2D eigenvalue weighted by molar-refractivity contribution is 5.53. The average Bonchev–Trinajstić information content (AvgIpc) is 3.79. The third-order valence-corrected chi connectivity index (χ3v) is 7.81. The smallest absolute Gasteiger partial charge is 0.134 e. The summed E-state index contributed by atoms with van der Waals surface area (Å²) >= 11 is 0. The molecule has 5 aromatic carbocycles. The first-order valence-corrected chi connectivity index (χ1v) is 12.9. The van der Waals surface area contributed by atoms with Gasteiger partial charge in [0.15, 0.2) is 0 Å². The molecule has 0 N–H and O–H groups in total. The Hall–Kier alpha value is -3.98. The van der Waals surface area contributed by atoms with Crippen LogP contribution in [0.3, 0.4) is 0 Å². The quantitative estimate of drug-likeness (QED) is 0.171. The third-order valence-electron chi connectivity index (χ3n) is 7.81. The topological polar surface area (TPSA) is 12.2 Å². The van der Waals surface area contributed by atoms with Crippen molar-refractivity contribution in [3.8, 4) is 0 Å². The second kappa shape index (κ2) is 9.82. The minimum absolute atomic E-state index is 0.114. The van der Waals surface area contributed by atoms with Crippen molar-refractivity contribution in [1.82, 2.24) is 4.90 Å². The molecule has 2 heteroatoms. The molecule has 37 heavy (non-hydrogen) atoms. The summed E-state index contributed by atoms with van der Waals surface area (Å²) in [5.74, 6) is 0. The second-order valence-electron chi connectivity index (χ2n) is 9.65. The van der Waals surface area contributed by atoms with Crippen molar-refractivity contribution in [2.24, 2.45) is 0 Å². The molecule has 0 radical (unpaired) electrons. The van der Waals surface area contributed by atoms with Crippen molar-refractivity contribution in [2.45, 2.75) is 17.2 Å². The Morgan fingerprint density at radius 1 is 0.486 bits per heavy atom. The number of benzene rings is 5. The first-order valence-electron chi connectivity index (χ1n) is 12.9. The molecule has 1 aliphatic heterocycles. The molecule has 0 bridgehead atoms. The van der Waals surface area contributed by atoms with E-state index in [9.17, 15) is 0 Å². The normalized spacial score (nSPS) is 17.3. The highest BCUT2D eigenvalue weighted by atomic mass is 16.5. The van der Waals surface area contributed by atoms with Gasteiger partial charge in [0, 0.05) is 13.7 Å². The lowest BCUT2D eigenvalue weighted by Crippen LogP contribution is -2.45. The van der Waals surface area contributed by atoms with Gasteiger partial charge in [-0.25, -0.2) is 0 Å². The zero-order chi connectivity index (χ0) is 25.1. The van der Waals surface area contributed by atoms with Crippen LogP contribution in [-0.2, 0) is 15.9 Å². The predicted octanol–water partition coefficient (Wildman–Crippen LogP) is 7.25. The molecule has 1 heterocycles. The van der Waals surface area contributed by atoms with E-state index in [0.29, 0.717) is 0 Å². The lowest BCUT2D eigenvalue weighted by Gasteiger charge is -2.41. The summed E-state index contributed by atoms with van der Waals surface area (Å²) in [6.07, 6.45) is 0. The number of nitrogens with zero attached hydrogens (tertiary/aromatic N) is 1. The van der Waals surface area contributed by atoms with Crippen molar-refractivity contribution in [3.63, 3.8) is 0 Å². The number of hydrogen-bond donors (Lipinski definition) is 0. The van der Waals surface area contributed by atoms with Gasteiger partial charge in [0.1, 0.15) is 5.60 Å². The number of ether oxygens (including phenoxy) is 1. The van der Waals surface area contributed by atoms with Gasteiger partial charge in [-0.15, -0.1) is 0 Å². The van der Waals surface area contributed by atoms with Crippen LogP contribution in [0.15, 0.2) is 152 Å². The van der Waals surface area contributed by atoms with Crippen molar-refractivity contribution in [3.05, 3.63) is 179 Å². The van der Waals surface area contributed by atoms with Crippen LogP contribution in [0.2, 0.25) is 0 Å². The zero-order valence-corrected chi connectivity index (χ0v) is 21.1. The Balaban J connectivity index is 1.61. The van der Waals surface area contributed by atoms with Crippen LogP contribution in [0.4, 0.5) is 0 Å². The standard InChI is InChI=1S/C35H31NO/c1-37-35(31-23-13-5-14-24-31,32-25-15-6-16-26-32)33-27-36(33)34(28-17-7-2-8-18-28,29-19-9-3-10-20-29)30-21-11-4-12-22-30/h2-26,33H,27H2,1H3/t33-,36?/m1/s1. The fraction of sp³-hybridized carbons (Fsp3) is 0.143. The molecule has 1 unspecified atom stereocenters. The monoisotopic (exact) mass is 481 g/mol. The van der Waals surface area contributed by atoms with Gasteiger partial charge in [0.2, 0.25) is 0 Å². The lowest BCUT2D eigenvalue weighted by molar-refractivity contribution is 0.00425. The minimum atomic E-state index is -0.619. The van der Waals surface area contributed by atoms with Crippen LogP contribution in [0.25, 0.3) is 0 Å². The Morgan fingerprint density at radius 2 is 0.784 bits per heavy atom. The fourth-order valence-electron chi connectivity index (χ4n) is 6.19. The number of methoxy groups -OCH3 is 1. The van der Waals surface area contributed by atoms with E-state index < -0.39 is 11.1 Å². The Bertz CT molecular complexity index is 1280. The third kappa shape index (κ3) is 3.81. The summed E-state index contributed by atoms with van der Waals surface area (Å²) < 4.78 is 6.63. The van der Waals surface area contributed by atoms with E-state index in [4.69, 9.17) is 4.74 Å². The van der Waals surface area contributed by atoms with Gasteiger partial charge in [-0.05, 0) is 27.8 Å². The van der Waals surface area contributed by atoms with Gasteiger partial charge < -0.3 is 4.74 Å². The second-order valence-corrected chi connectivity index (χ2v) is 9.65. The zero-order valence-electron chi connectivity index (χ0n) is 21.1. The van der Waals surface area contributed by atoms with E-state index in [0.717, 1.165) is 6.54 Å². The first kappa shape index (κ1) is 23.4. The van der Waals surface area contributed by atoms with Crippen LogP contribution in [-0.4, -0.2) is 24.6 Å². The van der Waals surface area contributed by atoms with E-state index in [1.807, 2.05) is 7.11 Å². The summed E-state index contributed by atoms with van der Waals surface area (Å²) in [7, 11) is 1.85. The van der Waals surface area contributed by atoms with Crippen LogP contribution in [0, 0.1) is 0 Å². The van der Waals surface area contributed by atoms with E-state index in [2.05, 4.69) is 157 Å². The molecule has 0 saturated carbocycles. The molecular formula is C35H31NO. The number of rotatable bonds is 8. The largest absolute Gasteiger partial charge is 0.367 e. The highest BCUT2D eigenvalue weighted by Crippen LogP contribution is 2.54. The van der Waals surface area contributed by atoms with Crippen LogP contribution in [0.1, 0.15) is 27.8 Å². The van der Waals surface area contributed by atoms with Crippen LogP contribution >= 0.6 is 0 Å².